The van der Waals surface area contributed by atoms with Crippen LogP contribution in [-0.4, -0.2) is 68.4 Å². The number of amides is 1. The third-order valence-corrected chi connectivity index (χ3v) is 6.27. The highest BCUT2D eigenvalue weighted by Crippen LogP contribution is 2.45. The topological polar surface area (TPSA) is 109 Å². The summed E-state index contributed by atoms with van der Waals surface area (Å²) in [6.07, 6.45) is 3.63. The van der Waals surface area contributed by atoms with Crippen LogP contribution in [0.15, 0.2) is 12.1 Å². The molecular weight excluding hydrogens is 420 g/mol. The Kier molecular flexibility index (Phi) is 9.26. The van der Waals surface area contributed by atoms with Gasteiger partial charge in [-0.15, -0.1) is 0 Å². The number of carbonyl (C=O) groups is 2. The van der Waals surface area contributed by atoms with Crippen molar-refractivity contribution in [2.45, 2.75) is 64.6 Å². The van der Waals surface area contributed by atoms with Crippen LogP contribution < -0.4 is 15.2 Å². The zero-order chi connectivity index (χ0) is 24.8. The summed E-state index contributed by atoms with van der Waals surface area (Å²) in [5, 5.41) is 8.44. The summed E-state index contributed by atoms with van der Waals surface area (Å²) in [5.74, 6) is 1.24. The van der Waals surface area contributed by atoms with Gasteiger partial charge in [0.1, 0.15) is 6.29 Å². The smallest absolute Gasteiger partial charge is 0.225 e. The Morgan fingerprint density at radius 2 is 1.91 bits per heavy atom. The summed E-state index contributed by atoms with van der Waals surface area (Å²) in [5.41, 5.74) is 7.69. The average molecular weight is 459 g/mol. The van der Waals surface area contributed by atoms with E-state index >= 15 is 0 Å². The Bertz CT molecular complexity index is 874. The SMILES string of the molecule is CN1CCCC1C#N.COc1cc2c(cc1OC)C(C(C)(C)C)N(C(=O)CC(N)C=O)CC2. The Morgan fingerprint density at radius 3 is 2.36 bits per heavy atom. The second-order valence-electron chi connectivity index (χ2n) is 9.78. The van der Waals surface area contributed by atoms with Gasteiger partial charge in [-0.1, -0.05) is 20.8 Å². The predicted octanol–water partition coefficient (Wildman–Crippen LogP) is 2.70. The van der Waals surface area contributed by atoms with Gasteiger partial charge in [0.15, 0.2) is 11.5 Å². The molecule has 3 unspecified atom stereocenters. The molecule has 0 radical (unpaired) electrons. The lowest BCUT2D eigenvalue weighted by molar-refractivity contribution is -0.138. The molecule has 0 bridgehead atoms. The zero-order valence-electron chi connectivity index (χ0n) is 20.8. The molecule has 2 N–H and O–H groups in total. The molecule has 0 spiro atoms. The number of fused-ring (bicyclic) bond motifs is 1. The minimum Gasteiger partial charge on any atom is -0.493 e. The number of rotatable bonds is 5. The molecule has 182 valence electrons. The molecule has 1 amide bonds. The van der Waals surface area contributed by atoms with Crippen molar-refractivity contribution in [2.24, 2.45) is 11.1 Å². The third kappa shape index (κ3) is 6.46. The quantitative estimate of drug-likeness (QED) is 0.676. The molecule has 1 saturated heterocycles. The molecule has 0 aliphatic carbocycles. The summed E-state index contributed by atoms with van der Waals surface area (Å²) >= 11 is 0. The molecule has 0 aromatic heterocycles. The summed E-state index contributed by atoms with van der Waals surface area (Å²) in [4.78, 5) is 27.5. The number of hydrogen-bond acceptors (Lipinski definition) is 7. The van der Waals surface area contributed by atoms with Crippen LogP contribution in [0.2, 0.25) is 0 Å². The molecule has 8 nitrogen and oxygen atoms in total. The summed E-state index contributed by atoms with van der Waals surface area (Å²) in [7, 11) is 5.22. The van der Waals surface area contributed by atoms with Crippen molar-refractivity contribution in [1.29, 1.82) is 5.26 Å². The Labute approximate surface area is 197 Å². The molecule has 1 aromatic carbocycles. The standard InChI is InChI=1S/C19H28N2O4.C6H10N2/c1-19(2,3)18-14-10-16(25-5)15(24-4)8-12(14)6-7-21(18)17(23)9-13(20)11-22;1-8-4-2-3-6(8)5-7/h8,10-11,13,18H,6-7,9,20H2,1-5H3;6H,2-4H2,1H3. The normalized spacial score (nSPS) is 21.2. The van der Waals surface area contributed by atoms with Gasteiger partial charge < -0.3 is 24.9 Å². The first-order valence-electron chi connectivity index (χ1n) is 11.4. The first-order valence-corrected chi connectivity index (χ1v) is 11.4. The lowest BCUT2D eigenvalue weighted by atomic mass is 9.76. The largest absolute Gasteiger partial charge is 0.493 e. The molecule has 1 fully saturated rings. The van der Waals surface area contributed by atoms with Gasteiger partial charge in [0.2, 0.25) is 5.91 Å². The Hall–Kier alpha value is -2.63. The first-order chi connectivity index (χ1) is 15.6. The van der Waals surface area contributed by atoms with Crippen molar-refractivity contribution < 1.29 is 19.1 Å². The van der Waals surface area contributed by atoms with Crippen LogP contribution in [0.25, 0.3) is 0 Å². The van der Waals surface area contributed by atoms with Crippen LogP contribution >= 0.6 is 0 Å². The van der Waals surface area contributed by atoms with Gasteiger partial charge in [0, 0.05) is 13.0 Å². The minimum absolute atomic E-state index is 0.0265. The Morgan fingerprint density at radius 1 is 1.27 bits per heavy atom. The van der Waals surface area contributed by atoms with Crippen LogP contribution in [0.1, 0.15) is 57.2 Å². The van der Waals surface area contributed by atoms with E-state index in [4.69, 9.17) is 20.5 Å². The number of nitrogens with zero attached hydrogens (tertiary/aromatic N) is 3. The van der Waals surface area contributed by atoms with Crippen LogP contribution in [0.5, 0.6) is 11.5 Å². The number of methoxy groups -OCH3 is 2. The highest BCUT2D eigenvalue weighted by atomic mass is 16.5. The molecule has 33 heavy (non-hydrogen) atoms. The molecule has 8 heteroatoms. The highest BCUT2D eigenvalue weighted by Gasteiger charge is 2.39. The molecule has 2 aliphatic rings. The van der Waals surface area contributed by atoms with Gasteiger partial charge in [-0.3, -0.25) is 9.69 Å². The van der Waals surface area contributed by atoms with Gasteiger partial charge in [0.25, 0.3) is 0 Å². The second kappa shape index (κ2) is 11.5. The Balaban J connectivity index is 0.000000405. The van der Waals surface area contributed by atoms with Crippen molar-refractivity contribution in [1.82, 2.24) is 9.80 Å². The van der Waals surface area contributed by atoms with E-state index in [1.165, 1.54) is 6.42 Å². The number of nitrogens with two attached hydrogens (primary N) is 1. The number of ether oxygens (including phenoxy) is 2. The van der Waals surface area contributed by atoms with Crippen molar-refractivity contribution in [3.05, 3.63) is 23.3 Å². The van der Waals surface area contributed by atoms with E-state index in [1.807, 2.05) is 24.1 Å². The van der Waals surface area contributed by atoms with E-state index in [-0.39, 0.29) is 29.8 Å². The maximum atomic E-state index is 12.7. The van der Waals surface area contributed by atoms with Crippen molar-refractivity contribution in [3.63, 3.8) is 0 Å². The monoisotopic (exact) mass is 458 g/mol. The number of benzene rings is 1. The van der Waals surface area contributed by atoms with Gasteiger partial charge in [-0.2, -0.15) is 5.26 Å². The fourth-order valence-electron chi connectivity index (χ4n) is 4.59. The van der Waals surface area contributed by atoms with E-state index in [2.05, 4.69) is 31.7 Å². The molecule has 3 atom stereocenters. The number of hydrogen-bond donors (Lipinski definition) is 1. The van der Waals surface area contributed by atoms with Crippen LogP contribution in [0.3, 0.4) is 0 Å². The van der Waals surface area contributed by atoms with Gasteiger partial charge >= 0.3 is 0 Å². The molecule has 0 saturated carbocycles. The summed E-state index contributed by atoms with van der Waals surface area (Å²) in [6, 6.07) is 5.51. The fraction of sp³-hybridized carbons (Fsp3) is 0.640. The third-order valence-electron chi connectivity index (χ3n) is 6.27. The molecule has 1 aromatic rings. The lowest BCUT2D eigenvalue weighted by Gasteiger charge is -2.45. The van der Waals surface area contributed by atoms with Gasteiger partial charge in [-0.25, -0.2) is 0 Å². The first kappa shape index (κ1) is 26.6. The van der Waals surface area contributed by atoms with Crippen molar-refractivity contribution in [2.75, 3.05) is 34.4 Å². The second-order valence-corrected chi connectivity index (χ2v) is 9.78. The van der Waals surface area contributed by atoms with E-state index < -0.39 is 6.04 Å². The lowest BCUT2D eigenvalue weighted by Crippen LogP contribution is -2.47. The van der Waals surface area contributed by atoms with Crippen LogP contribution in [-0.2, 0) is 16.0 Å². The molecule has 2 heterocycles. The van der Waals surface area contributed by atoms with Crippen LogP contribution in [0.4, 0.5) is 0 Å². The molecule has 2 aliphatic heterocycles. The van der Waals surface area contributed by atoms with Crippen LogP contribution in [0, 0.1) is 16.7 Å². The maximum absolute atomic E-state index is 12.7. The predicted molar refractivity (Wildman–Crippen MR) is 127 cm³/mol. The summed E-state index contributed by atoms with van der Waals surface area (Å²) < 4.78 is 10.8. The number of nitriles is 1. The number of likely N-dealkylation sites (tertiary alicyclic amines) is 1. The molecular formula is C25H38N4O4. The highest BCUT2D eigenvalue weighted by molar-refractivity contribution is 5.81. The molecule has 3 rings (SSSR count). The average Bonchev–Trinajstić information content (AvgIpc) is 3.21. The number of aldehydes is 1. The van der Waals surface area contributed by atoms with E-state index in [1.54, 1.807) is 14.2 Å². The number of carbonyl (C=O) groups excluding carboxylic acids is 2. The fourth-order valence-corrected chi connectivity index (χ4v) is 4.59. The van der Waals surface area contributed by atoms with Crippen molar-refractivity contribution in [3.8, 4) is 17.6 Å². The van der Waals surface area contributed by atoms with E-state index in [9.17, 15) is 9.59 Å². The van der Waals surface area contributed by atoms with E-state index in [0.29, 0.717) is 24.3 Å². The zero-order valence-corrected chi connectivity index (χ0v) is 20.8. The van der Waals surface area contributed by atoms with E-state index in [0.717, 1.165) is 30.5 Å². The van der Waals surface area contributed by atoms with Gasteiger partial charge in [-0.05, 0) is 61.5 Å². The van der Waals surface area contributed by atoms with Gasteiger partial charge in [0.05, 0.1) is 38.4 Å². The maximum Gasteiger partial charge on any atom is 0.225 e. The van der Waals surface area contributed by atoms with Crippen molar-refractivity contribution >= 4 is 12.2 Å². The minimum atomic E-state index is -0.764. The summed E-state index contributed by atoms with van der Waals surface area (Å²) in [6.45, 7) is 7.99.